The maximum absolute atomic E-state index is 13.5. The van der Waals surface area contributed by atoms with Crippen molar-refractivity contribution in [3.63, 3.8) is 0 Å². The highest BCUT2D eigenvalue weighted by molar-refractivity contribution is 6.06. The maximum atomic E-state index is 13.5. The van der Waals surface area contributed by atoms with Crippen LogP contribution >= 0.6 is 0 Å². The molecule has 0 amide bonds. The lowest BCUT2D eigenvalue weighted by Gasteiger charge is -2.24. The number of aliphatic hydroxyl groups is 1. The van der Waals surface area contributed by atoms with Crippen molar-refractivity contribution in [1.82, 2.24) is 34.3 Å². The third-order valence-corrected chi connectivity index (χ3v) is 6.66. The van der Waals surface area contributed by atoms with Gasteiger partial charge in [-0.25, -0.2) is 4.68 Å². The first-order valence-corrected chi connectivity index (χ1v) is 11.9. The van der Waals surface area contributed by atoms with E-state index in [-0.39, 0.29) is 6.42 Å². The molecule has 0 radical (unpaired) electrons. The molecule has 0 unspecified atom stereocenters. The summed E-state index contributed by atoms with van der Waals surface area (Å²) in [6, 6.07) is 10.3. The van der Waals surface area contributed by atoms with Gasteiger partial charge in [-0.05, 0) is 38.8 Å². The van der Waals surface area contributed by atoms with Gasteiger partial charge in [-0.3, -0.25) is 9.67 Å². The Bertz CT molecular complexity index is 1570. The minimum Gasteiger partial charge on any atom is -0.384 e. The molecule has 5 aromatic rings. The van der Waals surface area contributed by atoms with Gasteiger partial charge in [-0.15, -0.1) is 5.10 Å². The molecule has 0 saturated heterocycles. The molecule has 1 aromatic carbocycles. The molecule has 0 aliphatic carbocycles. The first kappa shape index (κ1) is 24.9. The van der Waals surface area contributed by atoms with Gasteiger partial charge >= 0.3 is 6.18 Å². The smallest absolute Gasteiger partial charge is 0.384 e. The Morgan fingerprint density at radius 1 is 1.03 bits per heavy atom. The van der Waals surface area contributed by atoms with Crippen LogP contribution in [-0.4, -0.2) is 45.6 Å². The molecule has 0 fully saturated rings. The Labute approximate surface area is 211 Å². The van der Waals surface area contributed by atoms with Crippen LogP contribution in [0.4, 0.5) is 13.2 Å². The fourth-order valence-corrected chi connectivity index (χ4v) is 5.09. The Hall–Kier alpha value is -3.73. The second kappa shape index (κ2) is 8.69. The molecule has 0 saturated carbocycles. The first-order valence-electron chi connectivity index (χ1n) is 11.9. The summed E-state index contributed by atoms with van der Waals surface area (Å²) in [6.07, 6.45) is -3.78. The number of aromatic nitrogens is 7. The third-order valence-electron chi connectivity index (χ3n) is 6.66. The highest BCUT2D eigenvalue weighted by Crippen LogP contribution is 2.41. The van der Waals surface area contributed by atoms with E-state index in [0.717, 1.165) is 16.8 Å². The first-order chi connectivity index (χ1) is 17.4. The van der Waals surface area contributed by atoms with Gasteiger partial charge < -0.3 is 9.67 Å². The SMILES string of the molecule is Cc1nnn(C)c1-c1cnc2c3c(c(C(C)(C)O)nn3C)n([C@@H](CCC(F)(F)F)c3ccccc3)c2c1. The molecule has 1 atom stereocenters. The van der Waals surface area contributed by atoms with Gasteiger partial charge in [0.25, 0.3) is 0 Å². The molecule has 4 heterocycles. The second-order valence-electron chi connectivity index (χ2n) is 9.92. The number of rotatable bonds is 6. The summed E-state index contributed by atoms with van der Waals surface area (Å²) < 4.78 is 45.7. The monoisotopic (exact) mass is 511 g/mol. The zero-order chi connectivity index (χ0) is 26.7. The van der Waals surface area contributed by atoms with Crippen molar-refractivity contribution < 1.29 is 18.3 Å². The molecule has 1 N–H and O–H groups in total. The summed E-state index contributed by atoms with van der Waals surface area (Å²) in [5.74, 6) is 0. The number of benzene rings is 1. The van der Waals surface area contributed by atoms with E-state index in [2.05, 4.69) is 15.4 Å². The molecule has 4 aromatic heterocycles. The fourth-order valence-electron chi connectivity index (χ4n) is 5.09. The Balaban J connectivity index is 1.89. The summed E-state index contributed by atoms with van der Waals surface area (Å²) in [6.45, 7) is 5.08. The van der Waals surface area contributed by atoms with Crippen LogP contribution in [0.15, 0.2) is 42.6 Å². The van der Waals surface area contributed by atoms with Gasteiger partial charge in [0, 0.05) is 32.3 Å². The quantitative estimate of drug-likeness (QED) is 0.339. The van der Waals surface area contributed by atoms with Crippen LogP contribution in [0.5, 0.6) is 0 Å². The Morgan fingerprint density at radius 3 is 2.32 bits per heavy atom. The van der Waals surface area contributed by atoms with E-state index in [1.165, 1.54) is 0 Å². The van der Waals surface area contributed by atoms with Crippen molar-refractivity contribution >= 4 is 22.1 Å². The lowest BCUT2D eigenvalue weighted by molar-refractivity contribution is -0.136. The lowest BCUT2D eigenvalue weighted by Crippen LogP contribution is -2.20. The van der Waals surface area contributed by atoms with Gasteiger partial charge in [0.2, 0.25) is 0 Å². The number of hydrogen-bond acceptors (Lipinski definition) is 5. The fraction of sp³-hybridized carbons (Fsp3) is 0.385. The van der Waals surface area contributed by atoms with Crippen LogP contribution in [0.3, 0.4) is 0 Å². The molecule has 194 valence electrons. The largest absolute Gasteiger partial charge is 0.389 e. The predicted molar refractivity (Wildman–Crippen MR) is 134 cm³/mol. The van der Waals surface area contributed by atoms with E-state index in [9.17, 15) is 18.3 Å². The zero-order valence-electron chi connectivity index (χ0n) is 21.2. The summed E-state index contributed by atoms with van der Waals surface area (Å²) in [5.41, 5.74) is 4.39. The van der Waals surface area contributed by atoms with E-state index in [1.807, 2.05) is 47.9 Å². The Morgan fingerprint density at radius 2 is 1.73 bits per heavy atom. The lowest BCUT2D eigenvalue weighted by atomic mass is 10.00. The molecular weight excluding hydrogens is 483 g/mol. The van der Waals surface area contributed by atoms with Crippen LogP contribution in [0.1, 0.15) is 49.7 Å². The number of hydrogen-bond donors (Lipinski definition) is 1. The molecular formula is C26H28F3N7O. The molecule has 0 aliphatic heterocycles. The van der Waals surface area contributed by atoms with Crippen LogP contribution in [-0.2, 0) is 19.7 Å². The van der Waals surface area contributed by atoms with Crippen molar-refractivity contribution in [2.24, 2.45) is 14.1 Å². The van der Waals surface area contributed by atoms with Gasteiger partial charge in [0.15, 0.2) is 0 Å². The van der Waals surface area contributed by atoms with E-state index in [1.54, 1.807) is 43.5 Å². The van der Waals surface area contributed by atoms with Crippen LogP contribution < -0.4 is 0 Å². The normalized spacial score (nSPS) is 13.6. The average Bonchev–Trinajstić information content (AvgIpc) is 3.45. The molecule has 0 spiro atoms. The number of nitrogens with zero attached hydrogens (tertiary/aromatic N) is 7. The van der Waals surface area contributed by atoms with Crippen molar-refractivity contribution in [2.75, 3.05) is 0 Å². The molecule has 11 heteroatoms. The zero-order valence-corrected chi connectivity index (χ0v) is 21.2. The molecule has 8 nitrogen and oxygen atoms in total. The number of halogens is 3. The highest BCUT2D eigenvalue weighted by atomic mass is 19.4. The van der Waals surface area contributed by atoms with Crippen molar-refractivity contribution in [3.8, 4) is 11.3 Å². The molecule has 37 heavy (non-hydrogen) atoms. The highest BCUT2D eigenvalue weighted by Gasteiger charge is 2.34. The molecule has 5 rings (SSSR count). The van der Waals surface area contributed by atoms with Crippen LogP contribution in [0.2, 0.25) is 0 Å². The summed E-state index contributed by atoms with van der Waals surface area (Å²) in [5, 5.41) is 23.8. The number of aryl methyl sites for hydroxylation is 3. The van der Waals surface area contributed by atoms with Gasteiger partial charge in [-0.1, -0.05) is 35.5 Å². The van der Waals surface area contributed by atoms with Crippen molar-refractivity contribution in [3.05, 3.63) is 59.5 Å². The van der Waals surface area contributed by atoms with Crippen molar-refractivity contribution in [2.45, 2.75) is 51.4 Å². The summed E-state index contributed by atoms with van der Waals surface area (Å²) >= 11 is 0. The third kappa shape index (κ3) is 4.37. The predicted octanol–water partition coefficient (Wildman–Crippen LogP) is 5.19. The van der Waals surface area contributed by atoms with Gasteiger partial charge in [0.1, 0.15) is 22.3 Å². The topological polar surface area (TPSA) is 86.6 Å². The van der Waals surface area contributed by atoms with Gasteiger partial charge in [-0.2, -0.15) is 18.3 Å². The second-order valence-corrected chi connectivity index (χ2v) is 9.92. The standard InChI is InChI=1S/C26H28F3N7O/c1-15-21(35(5)33-31-15)17-13-19-20(30-14-17)22-23(24(25(2,3)37)32-34(22)4)36(19)18(11-12-26(27,28)29)16-9-7-6-8-10-16/h6-10,13-14,18,37H,11-12H2,1-5H3/t18-/m0/s1. The maximum Gasteiger partial charge on any atom is 0.389 e. The number of alkyl halides is 3. The minimum atomic E-state index is -4.33. The van der Waals surface area contributed by atoms with Crippen molar-refractivity contribution in [1.29, 1.82) is 0 Å². The average molecular weight is 512 g/mol. The summed E-state index contributed by atoms with van der Waals surface area (Å²) in [4.78, 5) is 4.75. The minimum absolute atomic E-state index is 0.191. The molecule has 0 aliphatic rings. The van der Waals surface area contributed by atoms with Crippen LogP contribution in [0.25, 0.3) is 33.3 Å². The summed E-state index contributed by atoms with van der Waals surface area (Å²) in [7, 11) is 3.53. The van der Waals surface area contributed by atoms with Gasteiger partial charge in [0.05, 0.1) is 28.5 Å². The molecule has 0 bridgehead atoms. The van der Waals surface area contributed by atoms with E-state index in [0.29, 0.717) is 33.5 Å². The number of fused-ring (bicyclic) bond motifs is 3. The Kier molecular flexibility index (Phi) is 5.86. The van der Waals surface area contributed by atoms with Crippen LogP contribution in [0, 0.1) is 6.92 Å². The van der Waals surface area contributed by atoms with E-state index < -0.39 is 24.2 Å². The van der Waals surface area contributed by atoms with E-state index >= 15 is 0 Å². The van der Waals surface area contributed by atoms with E-state index in [4.69, 9.17) is 4.98 Å². The number of pyridine rings is 1.